The molecule has 104 valence electrons. The van der Waals surface area contributed by atoms with Gasteiger partial charge in [0.05, 0.1) is 25.9 Å². The first kappa shape index (κ1) is 13.8. The number of hydrogen-bond acceptors (Lipinski definition) is 5. The topological polar surface area (TPSA) is 60.9 Å². The van der Waals surface area contributed by atoms with Crippen LogP contribution in [0.3, 0.4) is 0 Å². The van der Waals surface area contributed by atoms with Crippen molar-refractivity contribution >= 4 is 5.91 Å². The first-order valence-corrected chi connectivity index (χ1v) is 6.23. The fourth-order valence-electron chi connectivity index (χ4n) is 1.81. The maximum atomic E-state index is 11.8. The van der Waals surface area contributed by atoms with Crippen molar-refractivity contribution < 1.29 is 19.1 Å². The molecule has 0 N–H and O–H groups in total. The average molecular weight is 266 g/mol. The summed E-state index contributed by atoms with van der Waals surface area (Å²) in [6, 6.07) is 3.38. The molecule has 0 bridgehead atoms. The highest BCUT2D eigenvalue weighted by Gasteiger charge is 2.16. The number of carbonyl (C=O) groups is 1. The predicted molar refractivity (Wildman–Crippen MR) is 67.8 cm³/mol. The van der Waals surface area contributed by atoms with Crippen LogP contribution >= 0.6 is 0 Å². The van der Waals surface area contributed by atoms with E-state index < -0.39 is 0 Å². The SMILES string of the molecule is CON(C)C(=O)c1ccc(OC2CCOCC2)nc1. The molecular formula is C13H18N2O4. The van der Waals surface area contributed by atoms with Crippen LogP contribution in [-0.2, 0) is 9.57 Å². The van der Waals surface area contributed by atoms with Crippen LogP contribution in [-0.4, -0.2) is 49.4 Å². The molecule has 19 heavy (non-hydrogen) atoms. The number of hydrogen-bond donors (Lipinski definition) is 0. The maximum absolute atomic E-state index is 11.8. The van der Waals surface area contributed by atoms with Crippen LogP contribution < -0.4 is 4.74 Å². The highest BCUT2D eigenvalue weighted by atomic mass is 16.7. The summed E-state index contributed by atoms with van der Waals surface area (Å²) in [5.74, 6) is 0.288. The second-order valence-corrected chi connectivity index (χ2v) is 4.30. The zero-order valence-electron chi connectivity index (χ0n) is 11.2. The Balaban J connectivity index is 1.96. The smallest absolute Gasteiger partial charge is 0.278 e. The highest BCUT2D eigenvalue weighted by molar-refractivity contribution is 5.93. The molecule has 0 unspecified atom stereocenters. The summed E-state index contributed by atoms with van der Waals surface area (Å²) >= 11 is 0. The highest BCUT2D eigenvalue weighted by Crippen LogP contribution is 2.16. The molecule has 2 heterocycles. The lowest BCUT2D eigenvalue weighted by Crippen LogP contribution is -2.27. The van der Waals surface area contributed by atoms with Crippen LogP contribution in [0.4, 0.5) is 0 Å². The third-order valence-electron chi connectivity index (χ3n) is 3.00. The monoisotopic (exact) mass is 266 g/mol. The molecule has 2 rings (SSSR count). The number of ether oxygens (including phenoxy) is 2. The van der Waals surface area contributed by atoms with Crippen molar-refractivity contribution in [2.45, 2.75) is 18.9 Å². The second-order valence-electron chi connectivity index (χ2n) is 4.30. The van der Waals surface area contributed by atoms with Gasteiger partial charge in [-0.1, -0.05) is 0 Å². The van der Waals surface area contributed by atoms with E-state index in [0.29, 0.717) is 11.4 Å². The fraction of sp³-hybridized carbons (Fsp3) is 0.538. The summed E-state index contributed by atoms with van der Waals surface area (Å²) in [6.07, 6.45) is 3.38. The lowest BCUT2D eigenvalue weighted by atomic mass is 10.1. The fourth-order valence-corrected chi connectivity index (χ4v) is 1.81. The Hall–Kier alpha value is -1.66. The number of rotatable bonds is 4. The molecule has 1 aliphatic rings. The van der Waals surface area contributed by atoms with E-state index in [0.717, 1.165) is 31.1 Å². The standard InChI is InChI=1S/C13H18N2O4/c1-15(17-2)13(16)10-3-4-12(14-9-10)19-11-5-7-18-8-6-11/h3-4,9,11H,5-8H2,1-2H3. The first-order chi connectivity index (χ1) is 9.20. The molecule has 0 aromatic carbocycles. The van der Waals surface area contributed by atoms with Gasteiger partial charge in [-0.15, -0.1) is 0 Å². The van der Waals surface area contributed by atoms with E-state index in [9.17, 15) is 4.79 Å². The number of carbonyl (C=O) groups excluding carboxylic acids is 1. The van der Waals surface area contributed by atoms with Crippen molar-refractivity contribution in [3.05, 3.63) is 23.9 Å². The summed E-state index contributed by atoms with van der Waals surface area (Å²) in [5.41, 5.74) is 0.462. The molecule has 6 heteroatoms. The Labute approximate surface area is 112 Å². The number of aromatic nitrogens is 1. The Morgan fingerprint density at radius 2 is 2.16 bits per heavy atom. The molecule has 6 nitrogen and oxygen atoms in total. The van der Waals surface area contributed by atoms with Gasteiger partial charge in [0.25, 0.3) is 5.91 Å². The van der Waals surface area contributed by atoms with E-state index in [1.807, 2.05) is 0 Å². The molecule has 1 aromatic heterocycles. The Bertz CT molecular complexity index is 415. The number of nitrogens with zero attached hydrogens (tertiary/aromatic N) is 2. The third kappa shape index (κ3) is 3.65. The number of hydroxylamine groups is 2. The molecule has 1 saturated heterocycles. The van der Waals surface area contributed by atoms with Crippen LogP contribution in [0.5, 0.6) is 5.88 Å². The van der Waals surface area contributed by atoms with Crippen molar-refractivity contribution in [3.8, 4) is 5.88 Å². The van der Waals surface area contributed by atoms with Gasteiger partial charge >= 0.3 is 0 Å². The Morgan fingerprint density at radius 1 is 1.42 bits per heavy atom. The van der Waals surface area contributed by atoms with Crippen molar-refractivity contribution in [1.82, 2.24) is 10.0 Å². The molecule has 0 saturated carbocycles. The van der Waals surface area contributed by atoms with Gasteiger partial charge in [-0.2, -0.15) is 0 Å². The van der Waals surface area contributed by atoms with E-state index in [1.54, 1.807) is 19.2 Å². The van der Waals surface area contributed by atoms with E-state index in [-0.39, 0.29) is 12.0 Å². The molecule has 1 fully saturated rings. The van der Waals surface area contributed by atoms with Crippen LogP contribution in [0, 0.1) is 0 Å². The van der Waals surface area contributed by atoms with Gasteiger partial charge in [-0.3, -0.25) is 9.63 Å². The minimum absolute atomic E-state index is 0.143. The van der Waals surface area contributed by atoms with Gasteiger partial charge < -0.3 is 9.47 Å². The molecule has 1 aliphatic heterocycles. The summed E-state index contributed by atoms with van der Waals surface area (Å²) in [6.45, 7) is 1.44. The van der Waals surface area contributed by atoms with Gasteiger partial charge in [0.15, 0.2) is 0 Å². The summed E-state index contributed by atoms with van der Waals surface area (Å²) in [7, 11) is 2.99. The molecule has 0 radical (unpaired) electrons. The van der Waals surface area contributed by atoms with Gasteiger partial charge in [-0.25, -0.2) is 10.0 Å². The molecular weight excluding hydrogens is 248 g/mol. The number of amides is 1. The zero-order chi connectivity index (χ0) is 13.7. The second kappa shape index (κ2) is 6.49. The van der Waals surface area contributed by atoms with E-state index in [4.69, 9.17) is 14.3 Å². The van der Waals surface area contributed by atoms with Crippen molar-refractivity contribution in [3.63, 3.8) is 0 Å². The van der Waals surface area contributed by atoms with E-state index >= 15 is 0 Å². The van der Waals surface area contributed by atoms with Crippen LogP contribution in [0.15, 0.2) is 18.3 Å². The van der Waals surface area contributed by atoms with Gasteiger partial charge in [0, 0.05) is 32.2 Å². The lowest BCUT2D eigenvalue weighted by Gasteiger charge is -2.22. The van der Waals surface area contributed by atoms with Crippen molar-refractivity contribution in [1.29, 1.82) is 0 Å². The zero-order valence-corrected chi connectivity index (χ0v) is 11.2. The normalized spacial score (nSPS) is 16.1. The summed E-state index contributed by atoms with van der Waals surface area (Å²) in [4.78, 5) is 20.8. The minimum Gasteiger partial charge on any atom is -0.474 e. The quantitative estimate of drug-likeness (QED) is 0.768. The molecule has 0 aliphatic carbocycles. The Morgan fingerprint density at radius 3 is 2.74 bits per heavy atom. The third-order valence-corrected chi connectivity index (χ3v) is 3.00. The predicted octanol–water partition coefficient (Wildman–Crippen LogP) is 1.27. The van der Waals surface area contributed by atoms with Crippen molar-refractivity contribution in [2.24, 2.45) is 0 Å². The van der Waals surface area contributed by atoms with Gasteiger partial charge in [0.2, 0.25) is 5.88 Å². The van der Waals surface area contributed by atoms with Gasteiger partial charge in [-0.05, 0) is 6.07 Å². The van der Waals surface area contributed by atoms with Crippen LogP contribution in [0.1, 0.15) is 23.2 Å². The van der Waals surface area contributed by atoms with Crippen molar-refractivity contribution in [2.75, 3.05) is 27.4 Å². The summed E-state index contributed by atoms with van der Waals surface area (Å²) < 4.78 is 11.0. The molecule has 0 atom stereocenters. The molecule has 1 amide bonds. The van der Waals surface area contributed by atoms with E-state index in [1.165, 1.54) is 13.3 Å². The minimum atomic E-state index is -0.243. The first-order valence-electron chi connectivity index (χ1n) is 6.23. The van der Waals surface area contributed by atoms with Crippen LogP contribution in [0.25, 0.3) is 0 Å². The molecule has 0 spiro atoms. The van der Waals surface area contributed by atoms with Crippen LogP contribution in [0.2, 0.25) is 0 Å². The van der Waals surface area contributed by atoms with E-state index in [2.05, 4.69) is 4.98 Å². The number of pyridine rings is 1. The average Bonchev–Trinajstić information content (AvgIpc) is 2.47. The Kier molecular flexibility index (Phi) is 4.70. The summed E-state index contributed by atoms with van der Waals surface area (Å²) in [5, 5.41) is 1.15. The van der Waals surface area contributed by atoms with Gasteiger partial charge in [0.1, 0.15) is 6.10 Å². The maximum Gasteiger partial charge on any atom is 0.278 e. The molecule has 1 aromatic rings. The largest absolute Gasteiger partial charge is 0.474 e. The lowest BCUT2D eigenvalue weighted by molar-refractivity contribution is -0.0757.